The number of fused-ring (bicyclic) bond motifs is 2. The number of hydrogen-bond acceptors (Lipinski definition) is 12. The Morgan fingerprint density at radius 3 is 1.53 bits per heavy atom. The van der Waals surface area contributed by atoms with Gasteiger partial charge < -0.3 is 33.5 Å². The number of halogens is 3. The highest BCUT2D eigenvalue weighted by atomic mass is 32.2. The fourth-order valence-corrected chi connectivity index (χ4v) is 8.19. The zero-order valence-electron chi connectivity index (χ0n) is 41.2. The molecule has 18 heteroatoms. The van der Waals surface area contributed by atoms with Crippen molar-refractivity contribution in [1.29, 1.82) is 0 Å². The quantitative estimate of drug-likeness (QED) is 0.0288. The molecule has 0 aliphatic carbocycles. The summed E-state index contributed by atoms with van der Waals surface area (Å²) in [6.07, 6.45) is 1.49. The number of hydrogen-bond donors (Lipinski definition) is 3. The highest BCUT2D eigenvalue weighted by molar-refractivity contribution is 7.88. The summed E-state index contributed by atoms with van der Waals surface area (Å²) in [6.45, 7) is 10.3. The van der Waals surface area contributed by atoms with Crippen molar-refractivity contribution in [2.45, 2.75) is 53.3 Å². The second kappa shape index (κ2) is 24.6. The van der Waals surface area contributed by atoms with Crippen LogP contribution in [0.25, 0.3) is 32.7 Å². The largest absolute Gasteiger partial charge is 0.534 e. The Bertz CT molecular complexity index is 3450. The van der Waals surface area contributed by atoms with Gasteiger partial charge >= 0.3 is 34.7 Å². The molecular formula is C57H50BF3O13S. The summed E-state index contributed by atoms with van der Waals surface area (Å²) in [5, 5.41) is 28.9. The molecule has 0 aliphatic rings. The van der Waals surface area contributed by atoms with Crippen LogP contribution in [0.15, 0.2) is 146 Å². The van der Waals surface area contributed by atoms with Crippen LogP contribution >= 0.6 is 0 Å². The van der Waals surface area contributed by atoms with Gasteiger partial charge in [-0.15, -0.1) is 0 Å². The maximum atomic E-state index is 12.9. The molecule has 75 heavy (non-hydrogen) atoms. The van der Waals surface area contributed by atoms with E-state index in [4.69, 9.17) is 24.3 Å². The van der Waals surface area contributed by atoms with Crippen molar-refractivity contribution in [2.24, 2.45) is 0 Å². The Morgan fingerprint density at radius 2 is 1.08 bits per heavy atom. The molecule has 0 fully saturated rings. The van der Waals surface area contributed by atoms with E-state index in [1.165, 1.54) is 59.7 Å². The first kappa shape index (κ1) is 56.0. The number of alkyl halides is 3. The Hall–Kier alpha value is -8.32. The topological polar surface area (TPSA) is 200 Å². The van der Waals surface area contributed by atoms with E-state index in [2.05, 4.69) is 30.2 Å². The zero-order valence-corrected chi connectivity index (χ0v) is 42.0. The first-order valence-corrected chi connectivity index (χ1v) is 24.4. The fourth-order valence-electron chi connectivity index (χ4n) is 7.72. The van der Waals surface area contributed by atoms with E-state index >= 15 is 0 Å². The van der Waals surface area contributed by atoms with Gasteiger partial charge in [-0.3, -0.25) is 9.59 Å². The maximum Gasteiger partial charge on any atom is 0.534 e. The van der Waals surface area contributed by atoms with Gasteiger partial charge in [0.2, 0.25) is 0 Å². The van der Waals surface area contributed by atoms with E-state index in [0.29, 0.717) is 41.0 Å². The monoisotopic (exact) mass is 1040 g/mol. The molecule has 0 saturated carbocycles. The minimum absolute atomic E-state index is 0.0207. The molecule has 0 radical (unpaired) electrons. The molecule has 0 heterocycles. The summed E-state index contributed by atoms with van der Waals surface area (Å²) < 4.78 is 82.9. The van der Waals surface area contributed by atoms with Gasteiger partial charge in [0.15, 0.2) is 5.75 Å². The van der Waals surface area contributed by atoms with Crippen LogP contribution in [0.5, 0.6) is 17.2 Å². The summed E-state index contributed by atoms with van der Waals surface area (Å²) in [5.74, 6) is -1.42. The molecule has 8 aromatic rings. The molecule has 8 aromatic carbocycles. The minimum atomic E-state index is -5.95. The third-order valence-electron chi connectivity index (χ3n) is 11.8. The van der Waals surface area contributed by atoms with Crippen molar-refractivity contribution < 1.29 is 74.3 Å². The average Bonchev–Trinajstić information content (AvgIpc) is 3.38. The van der Waals surface area contributed by atoms with Crippen LogP contribution in [0.4, 0.5) is 13.2 Å². The SMILES string of the molecule is CCOC(=O)c1cc(OS(=O)(=O)C(F)(F)F)c2ccc(OCc3c(C)cccc3C)cc2c1.Cc1cccc(C)c1COc1ccc2c(-c3ccc(C=O)cc3)cc(C(=O)O)cc2c1.O=Cc1ccc(B(O)O)cc1. The van der Waals surface area contributed by atoms with Crippen molar-refractivity contribution in [3.63, 3.8) is 0 Å². The van der Waals surface area contributed by atoms with Crippen LogP contribution in [0, 0.1) is 27.7 Å². The second-order valence-corrected chi connectivity index (χ2v) is 18.5. The van der Waals surface area contributed by atoms with Gasteiger partial charge in [-0.05, 0) is 155 Å². The van der Waals surface area contributed by atoms with E-state index in [1.807, 2.05) is 68.4 Å². The van der Waals surface area contributed by atoms with Crippen LogP contribution in [0.1, 0.15) is 81.7 Å². The molecule has 0 aliphatic heterocycles. The standard InChI is InChI=1S/C27H22O4.C23H21F3O6S.C7H7BO3/c1-17-4-3-5-18(2)26(17)16-31-23-10-11-24-21(13-23)12-22(27(29)30)14-25(24)20-8-6-19(15-28)7-9-20;1-4-30-22(27)17-10-16-11-18(31-13-20-14(2)6-5-7-15(20)3)8-9-19(16)21(12-17)32-33(28,29)23(24,25)26;9-5-6-1-3-7(4-2-6)8(10)11/h3-15H,16H2,1-2H3,(H,29,30);5-12H,4,13H2,1-3H3;1-5,10-11H. The van der Waals surface area contributed by atoms with E-state index in [9.17, 15) is 45.9 Å². The Kier molecular flexibility index (Phi) is 18.4. The van der Waals surface area contributed by atoms with Crippen molar-refractivity contribution in [3.05, 3.63) is 201 Å². The zero-order chi connectivity index (χ0) is 54.6. The lowest BCUT2D eigenvalue weighted by Gasteiger charge is -2.15. The molecule has 0 saturated heterocycles. The summed E-state index contributed by atoms with van der Waals surface area (Å²) >= 11 is 0. The number of rotatable bonds is 15. The van der Waals surface area contributed by atoms with E-state index in [0.717, 1.165) is 56.5 Å². The number of benzene rings is 8. The number of carboxylic acid groups (broad SMARTS) is 1. The number of carboxylic acids is 1. The van der Waals surface area contributed by atoms with Gasteiger partial charge in [0.1, 0.15) is 37.3 Å². The molecule has 13 nitrogen and oxygen atoms in total. The first-order valence-electron chi connectivity index (χ1n) is 23.0. The molecule has 0 amide bonds. The Balaban J connectivity index is 0.000000203. The molecule has 0 unspecified atom stereocenters. The van der Waals surface area contributed by atoms with Crippen LogP contribution < -0.4 is 19.1 Å². The highest BCUT2D eigenvalue weighted by Crippen LogP contribution is 2.36. The van der Waals surface area contributed by atoms with Crippen LogP contribution in [0.2, 0.25) is 0 Å². The van der Waals surface area contributed by atoms with Crippen LogP contribution in [-0.4, -0.2) is 67.3 Å². The molecule has 0 spiro atoms. The third kappa shape index (κ3) is 14.3. The summed E-state index contributed by atoms with van der Waals surface area (Å²) in [4.78, 5) is 45.0. The maximum absolute atomic E-state index is 12.9. The van der Waals surface area contributed by atoms with Crippen molar-refractivity contribution in [2.75, 3.05) is 6.61 Å². The van der Waals surface area contributed by atoms with Gasteiger partial charge in [-0.2, -0.15) is 21.6 Å². The number of aldehydes is 2. The van der Waals surface area contributed by atoms with Gasteiger partial charge in [-0.1, -0.05) is 91.0 Å². The van der Waals surface area contributed by atoms with Crippen molar-refractivity contribution in [3.8, 4) is 28.4 Å². The van der Waals surface area contributed by atoms with Gasteiger partial charge in [0, 0.05) is 16.5 Å². The second-order valence-electron chi connectivity index (χ2n) is 17.0. The molecule has 8 rings (SSSR count). The predicted octanol–water partition coefficient (Wildman–Crippen LogP) is 10.8. The van der Waals surface area contributed by atoms with Crippen molar-refractivity contribution in [1.82, 2.24) is 0 Å². The minimum Gasteiger partial charge on any atom is -0.489 e. The number of carbonyl (C=O) groups is 4. The molecular weight excluding hydrogens is 992 g/mol. The third-order valence-corrected chi connectivity index (χ3v) is 12.8. The summed E-state index contributed by atoms with van der Waals surface area (Å²) in [7, 11) is -7.41. The Morgan fingerprint density at radius 1 is 0.613 bits per heavy atom. The lowest BCUT2D eigenvalue weighted by Crippen LogP contribution is -2.29. The smallest absolute Gasteiger partial charge is 0.489 e. The van der Waals surface area contributed by atoms with Crippen LogP contribution in [0.3, 0.4) is 0 Å². The van der Waals surface area contributed by atoms with Crippen molar-refractivity contribution >= 4 is 68.8 Å². The summed E-state index contributed by atoms with van der Waals surface area (Å²) in [6, 6.07) is 40.8. The molecule has 386 valence electrons. The normalized spacial score (nSPS) is 11.1. The summed E-state index contributed by atoms with van der Waals surface area (Å²) in [5.41, 5.74) is 4.10. The molecule has 0 aromatic heterocycles. The van der Waals surface area contributed by atoms with E-state index < -0.39 is 40.4 Å². The van der Waals surface area contributed by atoms with Gasteiger partial charge in [-0.25, -0.2) is 9.59 Å². The first-order chi connectivity index (χ1) is 35.6. The van der Waals surface area contributed by atoms with Crippen LogP contribution in [-0.2, 0) is 28.1 Å². The fraction of sp³-hybridized carbons (Fsp3) is 0.158. The lowest BCUT2D eigenvalue weighted by molar-refractivity contribution is -0.0499. The Labute approximate surface area is 431 Å². The lowest BCUT2D eigenvalue weighted by atomic mass is 9.80. The molecule has 0 bridgehead atoms. The number of carbonyl (C=O) groups excluding carboxylic acids is 3. The highest BCUT2D eigenvalue weighted by Gasteiger charge is 2.49. The molecule has 0 atom stereocenters. The predicted molar refractivity (Wildman–Crippen MR) is 279 cm³/mol. The van der Waals surface area contributed by atoms with E-state index in [1.54, 1.807) is 31.2 Å². The number of aromatic carboxylic acids is 1. The van der Waals surface area contributed by atoms with E-state index in [-0.39, 0.29) is 35.1 Å². The van der Waals surface area contributed by atoms with Gasteiger partial charge in [0.25, 0.3) is 0 Å². The average molecular weight is 1040 g/mol. The number of esters is 1. The number of aryl methyl sites for hydroxylation is 4. The number of ether oxygens (including phenoxy) is 3. The molecule has 3 N–H and O–H groups in total. The van der Waals surface area contributed by atoms with Gasteiger partial charge in [0.05, 0.1) is 17.7 Å².